The lowest BCUT2D eigenvalue weighted by Crippen LogP contribution is -2.40. The van der Waals surface area contributed by atoms with Crippen molar-refractivity contribution in [3.63, 3.8) is 0 Å². The first-order valence-corrected chi connectivity index (χ1v) is 8.78. The van der Waals surface area contributed by atoms with E-state index in [1.54, 1.807) is 19.1 Å². The summed E-state index contributed by atoms with van der Waals surface area (Å²) in [5.41, 5.74) is 0.854. The number of anilines is 1. The Labute approximate surface area is 157 Å². The summed E-state index contributed by atoms with van der Waals surface area (Å²) < 4.78 is 11.3. The fraction of sp³-hybridized carbons (Fsp3) is 0.350. The first kappa shape index (κ1) is 18.8. The van der Waals surface area contributed by atoms with Gasteiger partial charge in [-0.15, -0.1) is 0 Å². The topological polar surface area (TPSA) is 81.9 Å². The summed E-state index contributed by atoms with van der Waals surface area (Å²) in [7, 11) is 0. The van der Waals surface area contributed by atoms with Crippen LogP contribution in [0.2, 0.25) is 0 Å². The number of nitrogens with zero attached hydrogens (tertiary/aromatic N) is 2. The maximum Gasteiger partial charge on any atom is 0.337 e. The summed E-state index contributed by atoms with van der Waals surface area (Å²) in [5.74, 6) is -0.452. The second-order valence-corrected chi connectivity index (χ2v) is 6.74. The molecule has 0 saturated carbocycles. The minimum Gasteiger partial charge on any atom is -0.464 e. The van der Waals surface area contributed by atoms with Gasteiger partial charge in [0.15, 0.2) is 6.10 Å². The molecule has 1 heterocycles. The summed E-state index contributed by atoms with van der Waals surface area (Å²) in [4.78, 5) is 25.1. The number of carbonyl (C=O) groups excluding carboxylic acids is 1. The minimum absolute atomic E-state index is 0.00382. The van der Waals surface area contributed by atoms with Gasteiger partial charge in [0.25, 0.3) is 5.69 Å². The second-order valence-electron chi connectivity index (χ2n) is 6.74. The quantitative estimate of drug-likeness (QED) is 0.452. The van der Waals surface area contributed by atoms with Gasteiger partial charge in [-0.2, -0.15) is 0 Å². The number of hydrogen-bond acceptors (Lipinski definition) is 6. The monoisotopic (exact) mass is 370 g/mol. The summed E-state index contributed by atoms with van der Waals surface area (Å²) in [5, 5.41) is 11.0. The molecule has 2 aromatic rings. The van der Waals surface area contributed by atoms with Crippen LogP contribution in [-0.4, -0.2) is 29.3 Å². The fourth-order valence-corrected chi connectivity index (χ4v) is 3.48. The lowest BCUT2D eigenvalue weighted by molar-refractivity contribution is -0.384. The van der Waals surface area contributed by atoms with Gasteiger partial charge in [-0.05, 0) is 38.5 Å². The summed E-state index contributed by atoms with van der Waals surface area (Å²) in [6.45, 7) is 5.76. The Bertz CT molecular complexity index is 820. The van der Waals surface area contributed by atoms with Gasteiger partial charge in [0.05, 0.1) is 17.6 Å². The first-order valence-electron chi connectivity index (χ1n) is 8.78. The van der Waals surface area contributed by atoms with Crippen molar-refractivity contribution in [3.8, 4) is 0 Å². The molecule has 0 N–H and O–H groups in total. The third-order valence-corrected chi connectivity index (χ3v) is 4.56. The maximum atomic E-state index is 12.6. The highest BCUT2D eigenvalue weighted by Gasteiger charge is 2.51. The first-order chi connectivity index (χ1) is 12.8. The van der Waals surface area contributed by atoms with E-state index in [9.17, 15) is 14.9 Å². The van der Waals surface area contributed by atoms with Crippen LogP contribution in [0.25, 0.3) is 0 Å². The van der Waals surface area contributed by atoms with E-state index < -0.39 is 28.8 Å². The number of para-hydroxylation sites is 1. The number of non-ortho nitro benzene ring substituents is 1. The van der Waals surface area contributed by atoms with Crippen molar-refractivity contribution < 1.29 is 19.2 Å². The SMILES string of the molecule is CCOC(=O)C1OC(C)(C)N(c2ccccc2)C1c1ccc([N+](=O)[O-])cc1. The van der Waals surface area contributed by atoms with Gasteiger partial charge in [0.2, 0.25) is 0 Å². The Kier molecular flexibility index (Phi) is 5.14. The number of benzene rings is 2. The molecule has 2 aromatic carbocycles. The van der Waals surface area contributed by atoms with Gasteiger partial charge >= 0.3 is 5.97 Å². The van der Waals surface area contributed by atoms with Crippen LogP contribution in [0, 0.1) is 10.1 Å². The normalized spacial score (nSPS) is 21.1. The molecule has 27 heavy (non-hydrogen) atoms. The van der Waals surface area contributed by atoms with Crippen LogP contribution in [0.1, 0.15) is 32.4 Å². The van der Waals surface area contributed by atoms with Crippen LogP contribution in [-0.2, 0) is 14.3 Å². The molecule has 0 radical (unpaired) electrons. The molecule has 0 aliphatic carbocycles. The number of nitro groups is 1. The molecular formula is C20H22N2O5. The average Bonchev–Trinajstić information content (AvgIpc) is 2.94. The third-order valence-electron chi connectivity index (χ3n) is 4.56. The van der Waals surface area contributed by atoms with Gasteiger partial charge in [-0.1, -0.05) is 30.3 Å². The number of carbonyl (C=O) groups is 1. The lowest BCUT2D eigenvalue weighted by atomic mass is 9.98. The van der Waals surface area contributed by atoms with Gasteiger partial charge < -0.3 is 14.4 Å². The average molecular weight is 370 g/mol. The predicted octanol–water partition coefficient (Wildman–Crippen LogP) is 3.84. The van der Waals surface area contributed by atoms with E-state index in [4.69, 9.17) is 9.47 Å². The van der Waals surface area contributed by atoms with Gasteiger partial charge in [0, 0.05) is 17.8 Å². The zero-order valence-electron chi connectivity index (χ0n) is 15.5. The molecule has 142 valence electrons. The Morgan fingerprint density at radius 3 is 2.37 bits per heavy atom. The number of ether oxygens (including phenoxy) is 2. The van der Waals surface area contributed by atoms with Gasteiger partial charge in [0.1, 0.15) is 5.72 Å². The molecule has 0 spiro atoms. The standard InChI is InChI=1S/C20H22N2O5/c1-4-26-19(23)18-17(14-10-12-16(13-11-14)22(24)25)21(20(2,3)27-18)15-8-6-5-7-9-15/h5-13,17-18H,4H2,1-3H3. The number of esters is 1. The highest BCUT2D eigenvalue weighted by Crippen LogP contribution is 2.45. The molecule has 2 atom stereocenters. The van der Waals surface area contributed by atoms with Crippen LogP contribution in [0.15, 0.2) is 54.6 Å². The third kappa shape index (κ3) is 3.64. The molecule has 7 nitrogen and oxygen atoms in total. The van der Waals surface area contributed by atoms with E-state index in [2.05, 4.69) is 0 Å². The molecule has 2 unspecified atom stereocenters. The smallest absolute Gasteiger partial charge is 0.337 e. The molecule has 1 aliphatic rings. The van der Waals surface area contributed by atoms with Crippen molar-refractivity contribution >= 4 is 17.3 Å². The maximum absolute atomic E-state index is 12.6. The van der Waals surface area contributed by atoms with E-state index >= 15 is 0 Å². The van der Waals surface area contributed by atoms with E-state index in [-0.39, 0.29) is 12.3 Å². The van der Waals surface area contributed by atoms with E-state index in [1.807, 2.05) is 49.1 Å². The molecule has 1 fully saturated rings. The summed E-state index contributed by atoms with van der Waals surface area (Å²) >= 11 is 0. The van der Waals surface area contributed by atoms with Crippen LogP contribution in [0.5, 0.6) is 0 Å². The Hall–Kier alpha value is -2.93. The molecule has 1 aliphatic heterocycles. The van der Waals surface area contributed by atoms with Crippen LogP contribution >= 0.6 is 0 Å². The molecule has 7 heteroatoms. The van der Waals surface area contributed by atoms with E-state index in [1.165, 1.54) is 12.1 Å². The molecule has 1 saturated heterocycles. The van der Waals surface area contributed by atoms with Crippen molar-refractivity contribution in [2.75, 3.05) is 11.5 Å². The Balaban J connectivity index is 2.08. The Morgan fingerprint density at radius 1 is 1.19 bits per heavy atom. The fourth-order valence-electron chi connectivity index (χ4n) is 3.48. The molecule has 0 aromatic heterocycles. The number of hydrogen-bond donors (Lipinski definition) is 0. The second kappa shape index (κ2) is 7.36. The zero-order valence-corrected chi connectivity index (χ0v) is 15.5. The summed E-state index contributed by atoms with van der Waals surface area (Å²) in [6.07, 6.45) is -0.846. The van der Waals surface area contributed by atoms with Crippen LogP contribution in [0.3, 0.4) is 0 Å². The molecule has 3 rings (SSSR count). The van der Waals surface area contributed by atoms with Crippen molar-refractivity contribution in [2.45, 2.75) is 38.6 Å². The van der Waals surface area contributed by atoms with Crippen LogP contribution < -0.4 is 4.90 Å². The lowest BCUT2D eigenvalue weighted by Gasteiger charge is -2.35. The Morgan fingerprint density at radius 2 is 1.81 bits per heavy atom. The molecule has 0 bridgehead atoms. The van der Waals surface area contributed by atoms with E-state index in [0.717, 1.165) is 11.3 Å². The summed E-state index contributed by atoms with van der Waals surface area (Å²) in [6, 6.07) is 15.4. The largest absolute Gasteiger partial charge is 0.464 e. The van der Waals surface area contributed by atoms with Crippen LogP contribution in [0.4, 0.5) is 11.4 Å². The number of rotatable bonds is 5. The van der Waals surface area contributed by atoms with Crippen molar-refractivity contribution in [1.82, 2.24) is 0 Å². The minimum atomic E-state index is -0.846. The zero-order chi connectivity index (χ0) is 19.6. The predicted molar refractivity (Wildman–Crippen MR) is 100 cm³/mol. The molecule has 0 amide bonds. The highest BCUT2D eigenvalue weighted by molar-refractivity contribution is 5.78. The number of nitro benzene ring substituents is 1. The van der Waals surface area contributed by atoms with Gasteiger partial charge in [-0.3, -0.25) is 10.1 Å². The van der Waals surface area contributed by atoms with Gasteiger partial charge in [-0.25, -0.2) is 4.79 Å². The van der Waals surface area contributed by atoms with Crippen molar-refractivity contribution in [1.29, 1.82) is 0 Å². The van der Waals surface area contributed by atoms with Crippen molar-refractivity contribution in [2.24, 2.45) is 0 Å². The highest BCUT2D eigenvalue weighted by atomic mass is 16.6. The molecular weight excluding hydrogens is 348 g/mol. The van der Waals surface area contributed by atoms with Crippen molar-refractivity contribution in [3.05, 3.63) is 70.3 Å². The van der Waals surface area contributed by atoms with E-state index in [0.29, 0.717) is 0 Å².